The lowest BCUT2D eigenvalue weighted by atomic mass is 9.88. The van der Waals surface area contributed by atoms with Gasteiger partial charge in [0.1, 0.15) is 0 Å². The largest absolute Gasteiger partial charge is 0.481 e. The highest BCUT2D eigenvalue weighted by molar-refractivity contribution is 5.91. The molecule has 0 bridgehead atoms. The Kier molecular flexibility index (Phi) is 6.69. The zero-order chi connectivity index (χ0) is 13.4. The van der Waals surface area contributed by atoms with Crippen molar-refractivity contribution in [2.24, 2.45) is 11.8 Å². The maximum Gasteiger partial charge on any atom is 0.306 e. The molecule has 0 amide bonds. The third-order valence-electron chi connectivity index (χ3n) is 3.92. The van der Waals surface area contributed by atoms with Gasteiger partial charge in [0, 0.05) is 5.92 Å². The van der Waals surface area contributed by atoms with Crippen molar-refractivity contribution in [1.82, 2.24) is 0 Å². The van der Waals surface area contributed by atoms with Crippen LogP contribution in [0, 0.1) is 11.8 Å². The average Bonchev–Trinajstić information content (AvgIpc) is 2.41. The van der Waals surface area contributed by atoms with Gasteiger partial charge < -0.3 is 5.11 Å². The average molecular weight is 252 g/mol. The predicted molar refractivity (Wildman–Crippen MR) is 71.4 cm³/mol. The minimum Gasteiger partial charge on any atom is -0.481 e. The highest BCUT2D eigenvalue weighted by Crippen LogP contribution is 2.25. The summed E-state index contributed by atoms with van der Waals surface area (Å²) in [6, 6.07) is 0. The Bertz CT molecular complexity index is 296. The first-order valence-corrected chi connectivity index (χ1v) is 7.04. The van der Waals surface area contributed by atoms with E-state index in [2.05, 4.69) is 6.58 Å². The highest BCUT2D eigenvalue weighted by Gasteiger charge is 2.22. The van der Waals surface area contributed by atoms with Gasteiger partial charge in [-0.2, -0.15) is 0 Å². The molecule has 0 aromatic rings. The first-order valence-electron chi connectivity index (χ1n) is 7.04. The molecule has 1 N–H and O–H groups in total. The van der Waals surface area contributed by atoms with Crippen LogP contribution in [-0.2, 0) is 9.59 Å². The van der Waals surface area contributed by atoms with Gasteiger partial charge in [0.15, 0.2) is 5.78 Å². The van der Waals surface area contributed by atoms with Crippen molar-refractivity contribution in [3.8, 4) is 0 Å². The van der Waals surface area contributed by atoms with Gasteiger partial charge in [-0.25, -0.2) is 0 Å². The first-order chi connectivity index (χ1) is 8.65. The Balaban J connectivity index is 2.61. The number of carbonyl (C=O) groups excluding carboxylic acids is 1. The molecule has 18 heavy (non-hydrogen) atoms. The van der Waals surface area contributed by atoms with Gasteiger partial charge in [0.25, 0.3) is 0 Å². The number of carboxylic acids is 1. The SMILES string of the molecule is C=CC(=O)C1CCCCCCCC(C(=O)O)CC1. The number of aliphatic carboxylic acids is 1. The van der Waals surface area contributed by atoms with Crippen LogP contribution in [0.2, 0.25) is 0 Å². The van der Waals surface area contributed by atoms with E-state index in [0.29, 0.717) is 12.8 Å². The number of carbonyl (C=O) groups is 2. The summed E-state index contributed by atoms with van der Waals surface area (Å²) in [5.41, 5.74) is 0. The molecular weight excluding hydrogens is 228 g/mol. The number of hydrogen-bond donors (Lipinski definition) is 1. The van der Waals surface area contributed by atoms with Crippen LogP contribution in [0.3, 0.4) is 0 Å². The molecule has 102 valence electrons. The van der Waals surface area contributed by atoms with Gasteiger partial charge in [0.05, 0.1) is 5.92 Å². The summed E-state index contributed by atoms with van der Waals surface area (Å²) in [6.45, 7) is 3.54. The van der Waals surface area contributed by atoms with Crippen molar-refractivity contribution >= 4 is 11.8 Å². The normalized spacial score (nSPS) is 26.9. The van der Waals surface area contributed by atoms with E-state index in [1.54, 1.807) is 0 Å². The minimum atomic E-state index is -0.709. The van der Waals surface area contributed by atoms with Gasteiger partial charge in [-0.3, -0.25) is 9.59 Å². The van der Waals surface area contributed by atoms with Crippen LogP contribution in [0.15, 0.2) is 12.7 Å². The van der Waals surface area contributed by atoms with Crippen molar-refractivity contribution < 1.29 is 14.7 Å². The third kappa shape index (κ3) is 5.03. The zero-order valence-electron chi connectivity index (χ0n) is 11.1. The van der Waals surface area contributed by atoms with Crippen molar-refractivity contribution in [3.05, 3.63) is 12.7 Å². The third-order valence-corrected chi connectivity index (χ3v) is 3.92. The molecule has 0 saturated heterocycles. The summed E-state index contributed by atoms with van der Waals surface area (Å²) in [7, 11) is 0. The van der Waals surface area contributed by atoms with Gasteiger partial charge in [0.2, 0.25) is 0 Å². The second-order valence-corrected chi connectivity index (χ2v) is 5.26. The highest BCUT2D eigenvalue weighted by atomic mass is 16.4. The second kappa shape index (κ2) is 8.06. The van der Waals surface area contributed by atoms with E-state index in [-0.39, 0.29) is 17.6 Å². The molecular formula is C15H24O3. The summed E-state index contributed by atoms with van der Waals surface area (Å²) < 4.78 is 0. The van der Waals surface area contributed by atoms with Gasteiger partial charge in [-0.1, -0.05) is 38.7 Å². The number of allylic oxidation sites excluding steroid dienone is 1. The molecule has 3 nitrogen and oxygen atoms in total. The van der Waals surface area contributed by atoms with Gasteiger partial charge in [-0.15, -0.1) is 0 Å². The lowest BCUT2D eigenvalue weighted by molar-refractivity contribution is -0.142. The number of ketones is 1. The van der Waals surface area contributed by atoms with Crippen molar-refractivity contribution in [3.63, 3.8) is 0 Å². The van der Waals surface area contributed by atoms with E-state index >= 15 is 0 Å². The van der Waals surface area contributed by atoms with E-state index in [9.17, 15) is 9.59 Å². The van der Waals surface area contributed by atoms with Crippen LogP contribution >= 0.6 is 0 Å². The Morgan fingerprint density at radius 1 is 0.889 bits per heavy atom. The Morgan fingerprint density at radius 3 is 1.94 bits per heavy atom. The molecule has 2 unspecified atom stereocenters. The van der Waals surface area contributed by atoms with Crippen LogP contribution in [0.25, 0.3) is 0 Å². The van der Waals surface area contributed by atoms with E-state index in [4.69, 9.17) is 5.11 Å². The van der Waals surface area contributed by atoms with Crippen LogP contribution in [0.4, 0.5) is 0 Å². The molecule has 1 saturated carbocycles. The van der Waals surface area contributed by atoms with Crippen molar-refractivity contribution in [2.45, 2.75) is 57.8 Å². The molecule has 0 aliphatic heterocycles. The van der Waals surface area contributed by atoms with E-state index in [1.165, 1.54) is 6.08 Å². The Morgan fingerprint density at radius 2 is 1.39 bits per heavy atom. The first kappa shape index (κ1) is 14.9. The molecule has 1 rings (SSSR count). The number of hydrogen-bond acceptors (Lipinski definition) is 2. The molecule has 0 radical (unpaired) electrons. The summed E-state index contributed by atoms with van der Waals surface area (Å²) in [4.78, 5) is 22.9. The molecule has 0 spiro atoms. The minimum absolute atomic E-state index is 0.0116. The smallest absolute Gasteiger partial charge is 0.306 e. The quantitative estimate of drug-likeness (QED) is 0.781. The Labute approximate surface area is 109 Å². The van der Waals surface area contributed by atoms with Crippen LogP contribution < -0.4 is 0 Å². The molecule has 2 atom stereocenters. The standard InChI is InChI=1S/C15H24O3/c1-2-14(16)12-8-6-4-3-5-7-9-13(11-10-12)15(17)18/h2,12-13H,1,3-11H2,(H,17,18). The molecule has 0 heterocycles. The van der Waals surface area contributed by atoms with Crippen molar-refractivity contribution in [2.75, 3.05) is 0 Å². The number of rotatable bonds is 3. The fraction of sp³-hybridized carbons (Fsp3) is 0.733. The monoisotopic (exact) mass is 252 g/mol. The summed E-state index contributed by atoms with van der Waals surface area (Å²) >= 11 is 0. The molecule has 0 aromatic heterocycles. The van der Waals surface area contributed by atoms with E-state index < -0.39 is 5.97 Å². The van der Waals surface area contributed by atoms with Gasteiger partial charge >= 0.3 is 5.97 Å². The summed E-state index contributed by atoms with van der Waals surface area (Å²) in [5, 5.41) is 9.16. The van der Waals surface area contributed by atoms with Crippen LogP contribution in [0.5, 0.6) is 0 Å². The predicted octanol–water partition coefficient (Wildman–Crippen LogP) is 3.58. The maximum absolute atomic E-state index is 11.7. The van der Waals surface area contributed by atoms with Crippen LogP contribution in [-0.4, -0.2) is 16.9 Å². The molecule has 1 aliphatic rings. The van der Waals surface area contributed by atoms with Gasteiger partial charge in [-0.05, 0) is 31.8 Å². The van der Waals surface area contributed by atoms with E-state index in [1.807, 2.05) is 0 Å². The second-order valence-electron chi connectivity index (χ2n) is 5.26. The zero-order valence-corrected chi connectivity index (χ0v) is 11.1. The maximum atomic E-state index is 11.7. The molecule has 1 fully saturated rings. The summed E-state index contributed by atoms with van der Waals surface area (Å²) in [6.07, 6.45) is 9.84. The summed E-state index contributed by atoms with van der Waals surface area (Å²) in [5.74, 6) is -0.914. The fourth-order valence-corrected chi connectivity index (χ4v) is 2.70. The van der Waals surface area contributed by atoms with E-state index in [0.717, 1.165) is 44.9 Å². The topological polar surface area (TPSA) is 54.4 Å². The molecule has 1 aliphatic carbocycles. The van der Waals surface area contributed by atoms with Crippen molar-refractivity contribution in [1.29, 1.82) is 0 Å². The number of carboxylic acid groups (broad SMARTS) is 1. The lowest BCUT2D eigenvalue weighted by Crippen LogP contribution is -2.18. The fourth-order valence-electron chi connectivity index (χ4n) is 2.70. The van der Waals surface area contributed by atoms with Crippen LogP contribution in [0.1, 0.15) is 57.8 Å². The Hall–Kier alpha value is -1.12. The lowest BCUT2D eigenvalue weighted by Gasteiger charge is -2.16. The molecule has 0 aromatic carbocycles. The molecule has 3 heteroatoms.